The van der Waals surface area contributed by atoms with E-state index in [9.17, 15) is 14.4 Å². The Kier molecular flexibility index (Phi) is 7.69. The van der Waals surface area contributed by atoms with Gasteiger partial charge in [-0.05, 0) is 40.9 Å². The number of hydrogen-bond acceptors (Lipinski definition) is 6. The van der Waals surface area contributed by atoms with Crippen molar-refractivity contribution < 1.29 is 28.6 Å². The van der Waals surface area contributed by atoms with Crippen molar-refractivity contribution in [3.8, 4) is 11.5 Å². The second-order valence-corrected chi connectivity index (χ2v) is 6.20. The van der Waals surface area contributed by atoms with Gasteiger partial charge in [0.25, 0.3) is 5.91 Å². The third-order valence-electron chi connectivity index (χ3n) is 3.09. The van der Waals surface area contributed by atoms with Crippen LogP contribution in [0.5, 0.6) is 11.5 Å². The number of methoxy groups -OCH3 is 1. The summed E-state index contributed by atoms with van der Waals surface area (Å²) in [5.41, 5.74) is 5.09. The van der Waals surface area contributed by atoms with Crippen LogP contribution in [0.2, 0.25) is 0 Å². The van der Waals surface area contributed by atoms with E-state index in [2.05, 4.69) is 15.9 Å². The lowest BCUT2D eigenvalue weighted by Gasteiger charge is -2.20. The van der Waals surface area contributed by atoms with Gasteiger partial charge in [-0.25, -0.2) is 9.59 Å². The molecule has 0 saturated carbocycles. The summed E-state index contributed by atoms with van der Waals surface area (Å²) in [6, 6.07) is 1.93. The number of nitrogens with two attached hydrogens (primary N) is 1. The maximum atomic E-state index is 12.4. The Labute approximate surface area is 154 Å². The molecule has 1 rings (SSSR count). The fourth-order valence-electron chi connectivity index (χ4n) is 2.02. The largest absolute Gasteiger partial charge is 0.492 e. The van der Waals surface area contributed by atoms with E-state index in [0.717, 1.165) is 0 Å². The number of imide groups is 1. The Morgan fingerprint density at radius 3 is 2.40 bits per heavy atom. The van der Waals surface area contributed by atoms with Gasteiger partial charge >= 0.3 is 12.0 Å². The minimum absolute atomic E-state index is 0.161. The molecular formula is C16H21BrN2O6. The molecule has 0 unspecified atom stereocenters. The van der Waals surface area contributed by atoms with Crippen LogP contribution in [0.15, 0.2) is 16.6 Å². The number of primary amides is 1. The van der Waals surface area contributed by atoms with E-state index in [4.69, 9.17) is 19.9 Å². The van der Waals surface area contributed by atoms with Crippen LogP contribution in [-0.4, -0.2) is 37.7 Å². The van der Waals surface area contributed by atoms with E-state index in [0.29, 0.717) is 22.6 Å². The molecular weight excluding hydrogens is 396 g/mol. The lowest BCUT2D eigenvalue weighted by Crippen LogP contribution is -2.45. The molecule has 0 radical (unpaired) electrons. The van der Waals surface area contributed by atoms with Gasteiger partial charge in [-0.2, -0.15) is 0 Å². The number of halogens is 1. The number of ether oxygens (including phenoxy) is 3. The summed E-state index contributed by atoms with van der Waals surface area (Å²) in [5.74, 6) is -1.10. The predicted molar refractivity (Wildman–Crippen MR) is 93.6 cm³/mol. The normalized spacial score (nSPS) is 11.6. The number of urea groups is 1. The first kappa shape index (κ1) is 20.8. The molecule has 9 heteroatoms. The van der Waals surface area contributed by atoms with Crippen molar-refractivity contribution in [2.45, 2.75) is 26.9 Å². The Hall–Kier alpha value is -2.29. The van der Waals surface area contributed by atoms with Gasteiger partial charge in [0.2, 0.25) is 0 Å². The second-order valence-electron chi connectivity index (χ2n) is 5.35. The van der Waals surface area contributed by atoms with Crippen molar-refractivity contribution in [1.29, 1.82) is 0 Å². The number of rotatable bonds is 7. The van der Waals surface area contributed by atoms with Crippen LogP contribution in [-0.2, 0) is 9.53 Å². The summed E-state index contributed by atoms with van der Waals surface area (Å²) >= 11 is 3.30. The van der Waals surface area contributed by atoms with Crippen molar-refractivity contribution >= 4 is 33.8 Å². The van der Waals surface area contributed by atoms with Gasteiger partial charge < -0.3 is 19.9 Å². The fraction of sp³-hybridized carbons (Fsp3) is 0.438. The maximum absolute atomic E-state index is 12.4. The van der Waals surface area contributed by atoms with E-state index in [-0.39, 0.29) is 11.5 Å². The highest BCUT2D eigenvalue weighted by molar-refractivity contribution is 9.10. The van der Waals surface area contributed by atoms with Crippen LogP contribution in [0.25, 0.3) is 0 Å². The molecule has 0 aliphatic rings. The molecule has 0 aliphatic heterocycles. The zero-order chi connectivity index (χ0) is 19.1. The molecule has 0 aromatic heterocycles. The number of hydrogen-bond donors (Lipinski definition) is 2. The summed E-state index contributed by atoms with van der Waals surface area (Å²) in [5, 5.41) is 1.91. The minimum Gasteiger partial charge on any atom is -0.492 e. The average Bonchev–Trinajstić information content (AvgIpc) is 2.51. The standard InChI is InChI=1S/C16H21BrN2O6/c1-5-24-11-7-9(6-10(17)13(11)23-4)15(21)25-12(8(2)3)14(20)19-16(18)22/h6-8,12H,5H2,1-4H3,(H3,18,19,20,22)/t12-/m1/s1. The summed E-state index contributed by atoms with van der Waals surface area (Å²) in [6.07, 6.45) is -1.17. The number of amides is 3. The highest BCUT2D eigenvalue weighted by Crippen LogP contribution is 2.36. The monoisotopic (exact) mass is 416 g/mol. The van der Waals surface area contributed by atoms with Crippen molar-refractivity contribution in [2.75, 3.05) is 13.7 Å². The topological polar surface area (TPSA) is 117 Å². The zero-order valence-corrected chi connectivity index (χ0v) is 16.0. The van der Waals surface area contributed by atoms with Gasteiger partial charge in [-0.1, -0.05) is 13.8 Å². The molecule has 138 valence electrons. The van der Waals surface area contributed by atoms with Crippen molar-refractivity contribution in [1.82, 2.24) is 5.32 Å². The highest BCUT2D eigenvalue weighted by atomic mass is 79.9. The second kappa shape index (κ2) is 9.26. The Balaban J connectivity index is 3.08. The summed E-state index contributed by atoms with van der Waals surface area (Å²) in [7, 11) is 1.48. The first-order valence-corrected chi connectivity index (χ1v) is 8.32. The Morgan fingerprint density at radius 2 is 1.92 bits per heavy atom. The van der Waals surface area contributed by atoms with Crippen LogP contribution in [0.1, 0.15) is 31.1 Å². The lowest BCUT2D eigenvalue weighted by atomic mass is 10.1. The first-order valence-electron chi connectivity index (χ1n) is 7.52. The number of nitrogens with one attached hydrogen (secondary N) is 1. The van der Waals surface area contributed by atoms with E-state index < -0.39 is 24.0 Å². The van der Waals surface area contributed by atoms with Crippen LogP contribution < -0.4 is 20.5 Å². The summed E-state index contributed by atoms with van der Waals surface area (Å²) < 4.78 is 16.4. The van der Waals surface area contributed by atoms with E-state index in [1.165, 1.54) is 19.2 Å². The number of carbonyl (C=O) groups is 3. The van der Waals surface area contributed by atoms with Gasteiger partial charge in [-0.3, -0.25) is 10.1 Å². The third-order valence-corrected chi connectivity index (χ3v) is 3.68. The number of esters is 1. The van der Waals surface area contributed by atoms with Crippen LogP contribution in [0, 0.1) is 5.92 Å². The minimum atomic E-state index is -1.17. The molecule has 1 aromatic carbocycles. The maximum Gasteiger partial charge on any atom is 0.339 e. The molecule has 8 nitrogen and oxygen atoms in total. The molecule has 0 saturated heterocycles. The molecule has 3 amide bonds. The lowest BCUT2D eigenvalue weighted by molar-refractivity contribution is -0.130. The smallest absolute Gasteiger partial charge is 0.339 e. The Morgan fingerprint density at radius 1 is 1.28 bits per heavy atom. The molecule has 0 aliphatic carbocycles. The molecule has 1 aromatic rings. The molecule has 1 atom stereocenters. The van der Waals surface area contributed by atoms with Gasteiger partial charge in [0.15, 0.2) is 17.6 Å². The van der Waals surface area contributed by atoms with Gasteiger partial charge in [0.05, 0.1) is 23.8 Å². The molecule has 0 fully saturated rings. The highest BCUT2D eigenvalue weighted by Gasteiger charge is 2.28. The predicted octanol–water partition coefficient (Wildman–Crippen LogP) is 2.23. The number of benzene rings is 1. The zero-order valence-electron chi connectivity index (χ0n) is 14.4. The number of carbonyl (C=O) groups excluding carboxylic acids is 3. The van der Waals surface area contributed by atoms with E-state index in [1.807, 2.05) is 5.32 Å². The molecule has 3 N–H and O–H groups in total. The van der Waals surface area contributed by atoms with Crippen LogP contribution in [0.3, 0.4) is 0 Å². The van der Waals surface area contributed by atoms with Gasteiger partial charge in [0, 0.05) is 0 Å². The molecule has 0 heterocycles. The molecule has 0 spiro atoms. The fourth-order valence-corrected chi connectivity index (χ4v) is 2.62. The first-order chi connectivity index (χ1) is 11.7. The van der Waals surface area contributed by atoms with Crippen LogP contribution >= 0.6 is 15.9 Å². The Bertz CT molecular complexity index is 662. The van der Waals surface area contributed by atoms with Gasteiger partial charge in [-0.15, -0.1) is 0 Å². The van der Waals surface area contributed by atoms with Crippen molar-refractivity contribution in [3.63, 3.8) is 0 Å². The quantitative estimate of drug-likeness (QED) is 0.658. The summed E-state index contributed by atoms with van der Waals surface area (Å²) in [6.45, 7) is 5.51. The van der Waals surface area contributed by atoms with E-state index >= 15 is 0 Å². The third kappa shape index (κ3) is 5.63. The SMILES string of the molecule is CCOc1cc(C(=O)O[C@@H](C(=O)NC(N)=O)C(C)C)cc(Br)c1OC. The van der Waals surface area contributed by atoms with E-state index in [1.54, 1.807) is 20.8 Å². The average molecular weight is 417 g/mol. The summed E-state index contributed by atoms with van der Waals surface area (Å²) in [4.78, 5) is 35.2. The van der Waals surface area contributed by atoms with Crippen molar-refractivity contribution in [3.05, 3.63) is 22.2 Å². The van der Waals surface area contributed by atoms with Crippen molar-refractivity contribution in [2.24, 2.45) is 11.7 Å². The van der Waals surface area contributed by atoms with Gasteiger partial charge in [0.1, 0.15) is 0 Å². The molecule has 25 heavy (non-hydrogen) atoms. The molecule has 0 bridgehead atoms. The van der Waals surface area contributed by atoms with Crippen LogP contribution in [0.4, 0.5) is 4.79 Å².